The molecule has 7 heterocycles. The molecule has 2 aliphatic heterocycles. The zero-order chi connectivity index (χ0) is 34.2. The Labute approximate surface area is 282 Å². The van der Waals surface area contributed by atoms with Gasteiger partial charge in [0.2, 0.25) is 0 Å². The topological polar surface area (TPSA) is 135 Å². The van der Waals surface area contributed by atoms with Gasteiger partial charge < -0.3 is 24.6 Å². The molecule has 2 saturated heterocycles. The zero-order valence-electron chi connectivity index (χ0n) is 27.8. The number of aliphatic imine (C=N–C) groups is 1. The van der Waals surface area contributed by atoms with Crippen LogP contribution in [0.3, 0.4) is 0 Å². The minimum absolute atomic E-state index is 0.179. The van der Waals surface area contributed by atoms with Crippen LogP contribution in [0.15, 0.2) is 93.6 Å². The first-order chi connectivity index (χ1) is 23.8. The number of fused-ring (bicyclic) bond motifs is 3. The molecule has 0 amide bonds. The van der Waals surface area contributed by atoms with Crippen LogP contribution in [0.1, 0.15) is 19.4 Å². The largest absolute Gasteiger partial charge is 0.392 e. The molecule has 0 spiro atoms. The number of anilines is 3. The third-order valence-electron chi connectivity index (χ3n) is 9.45. The lowest BCUT2D eigenvalue weighted by molar-refractivity contribution is -0.0691. The van der Waals surface area contributed by atoms with E-state index in [1.807, 2.05) is 43.5 Å². The second-order valence-corrected chi connectivity index (χ2v) is 12.4. The van der Waals surface area contributed by atoms with Crippen LogP contribution in [0.4, 0.5) is 17.2 Å². The fourth-order valence-corrected chi connectivity index (χ4v) is 6.82. The van der Waals surface area contributed by atoms with Gasteiger partial charge in [-0.3, -0.25) is 23.5 Å². The van der Waals surface area contributed by atoms with Crippen molar-refractivity contribution in [2.75, 3.05) is 49.7 Å². The summed E-state index contributed by atoms with van der Waals surface area (Å²) >= 11 is 0. The van der Waals surface area contributed by atoms with Gasteiger partial charge in [-0.25, -0.2) is 15.0 Å². The van der Waals surface area contributed by atoms with E-state index in [1.54, 1.807) is 48.4 Å². The lowest BCUT2D eigenvalue weighted by Gasteiger charge is -2.46. The number of aliphatic hydroxyl groups is 1. The molecule has 49 heavy (non-hydrogen) atoms. The Bertz CT molecular complexity index is 2230. The summed E-state index contributed by atoms with van der Waals surface area (Å²) in [5.41, 5.74) is 3.39. The second-order valence-electron chi connectivity index (χ2n) is 12.4. The average molecular weight is 662 g/mol. The minimum atomic E-state index is -0.439. The number of nitrogens with zero attached hydrogens (tertiary/aromatic N) is 8. The third-order valence-corrected chi connectivity index (χ3v) is 9.45. The summed E-state index contributed by atoms with van der Waals surface area (Å²) in [7, 11) is 1.66. The summed E-state index contributed by atoms with van der Waals surface area (Å²) in [6, 6.07) is 11.9. The van der Waals surface area contributed by atoms with Gasteiger partial charge in [0.1, 0.15) is 28.5 Å². The van der Waals surface area contributed by atoms with E-state index in [2.05, 4.69) is 43.7 Å². The van der Waals surface area contributed by atoms with Gasteiger partial charge in [0, 0.05) is 74.0 Å². The number of nitrogens with one attached hydrogen (secondary N) is 1. The van der Waals surface area contributed by atoms with E-state index in [1.165, 1.54) is 9.13 Å². The summed E-state index contributed by atoms with van der Waals surface area (Å²) in [6.07, 6.45) is 10.3. The van der Waals surface area contributed by atoms with E-state index < -0.39 is 6.61 Å². The van der Waals surface area contributed by atoms with Crippen LogP contribution < -0.4 is 21.3 Å². The Morgan fingerprint density at radius 1 is 1.14 bits per heavy atom. The standard InChI is InChI=1S/C36H39N9O4/c1-5-28(29(20-46)34(37-3)45-14-13-44-31(36(45)48)16-24-7-6-10-38-33(24)44)25-15-30(35(47)41(4)19-25)40-32-9-8-26(17-39-32)43-12-11-42(18-23(43)2)27-21-49-22-27/h5-10,13-17,19,23,27,46H,3,11-12,18,20-22H2,1-2,4H3,(H,39,40)/b28-5-,34-29+/t23-/m0/s1. The second kappa shape index (κ2) is 13.3. The Balaban J connectivity index is 1.18. The highest BCUT2D eigenvalue weighted by Gasteiger charge is 2.32. The van der Waals surface area contributed by atoms with Gasteiger partial charge in [0.15, 0.2) is 0 Å². The van der Waals surface area contributed by atoms with Gasteiger partial charge in [-0.05, 0) is 62.5 Å². The van der Waals surface area contributed by atoms with Crippen LogP contribution in [0.25, 0.3) is 27.9 Å². The fraction of sp³-hybridized carbons (Fsp3) is 0.306. The van der Waals surface area contributed by atoms with Crippen molar-refractivity contribution in [2.45, 2.75) is 25.9 Å². The maximum atomic E-state index is 13.7. The van der Waals surface area contributed by atoms with Gasteiger partial charge in [0.25, 0.3) is 11.1 Å². The number of hydrogen-bond acceptors (Lipinski definition) is 10. The van der Waals surface area contributed by atoms with Gasteiger partial charge in [0.05, 0.1) is 37.7 Å². The summed E-state index contributed by atoms with van der Waals surface area (Å²) in [5, 5.41) is 14.7. The Morgan fingerprint density at radius 2 is 1.98 bits per heavy atom. The Hall–Kier alpha value is -5.37. The van der Waals surface area contributed by atoms with Gasteiger partial charge >= 0.3 is 0 Å². The van der Waals surface area contributed by atoms with Crippen molar-refractivity contribution in [3.63, 3.8) is 0 Å². The fourth-order valence-electron chi connectivity index (χ4n) is 6.82. The number of hydrogen-bond donors (Lipinski definition) is 2. The zero-order valence-corrected chi connectivity index (χ0v) is 27.8. The molecule has 0 radical (unpaired) electrons. The molecule has 5 aromatic rings. The number of aliphatic hydroxyl groups excluding tert-OH is 1. The first-order valence-electron chi connectivity index (χ1n) is 16.3. The molecule has 252 valence electrons. The molecule has 5 aromatic heterocycles. The SMILES string of the molecule is C=N/C(=C(CO)\C(=C/C)c1cc(Nc2ccc(N3CCN(C4COC4)C[C@@H]3C)cn2)c(=O)n(C)c1)n1ccn2c(cc3cccnc32)c1=O. The molecule has 13 nitrogen and oxygen atoms in total. The van der Waals surface area contributed by atoms with Crippen molar-refractivity contribution in [1.82, 2.24) is 28.4 Å². The van der Waals surface area contributed by atoms with Crippen molar-refractivity contribution in [2.24, 2.45) is 12.0 Å². The maximum absolute atomic E-state index is 13.7. The smallest absolute Gasteiger partial charge is 0.280 e. The lowest BCUT2D eigenvalue weighted by atomic mass is 9.98. The van der Waals surface area contributed by atoms with Gasteiger partial charge in [-0.15, -0.1) is 0 Å². The number of aryl methyl sites for hydroxylation is 1. The molecule has 1 atom stereocenters. The number of pyridine rings is 3. The van der Waals surface area contributed by atoms with Gasteiger partial charge in [-0.1, -0.05) is 6.08 Å². The molecule has 0 bridgehead atoms. The van der Waals surface area contributed by atoms with E-state index >= 15 is 0 Å². The highest BCUT2D eigenvalue weighted by atomic mass is 16.5. The number of rotatable bonds is 9. The predicted octanol–water partition coefficient (Wildman–Crippen LogP) is 3.36. The highest BCUT2D eigenvalue weighted by Crippen LogP contribution is 2.30. The maximum Gasteiger partial charge on any atom is 0.280 e. The van der Waals surface area contributed by atoms with Crippen LogP contribution >= 0.6 is 0 Å². The van der Waals surface area contributed by atoms with Crippen molar-refractivity contribution >= 4 is 51.9 Å². The Morgan fingerprint density at radius 3 is 2.65 bits per heavy atom. The van der Waals surface area contributed by atoms with Crippen molar-refractivity contribution < 1.29 is 9.84 Å². The van der Waals surface area contributed by atoms with E-state index in [4.69, 9.17) is 4.74 Å². The quantitative estimate of drug-likeness (QED) is 0.180. The van der Waals surface area contributed by atoms with E-state index in [-0.39, 0.29) is 16.9 Å². The van der Waals surface area contributed by atoms with Crippen LogP contribution in [0, 0.1) is 0 Å². The molecule has 0 aromatic carbocycles. The van der Waals surface area contributed by atoms with Crippen LogP contribution in [-0.4, -0.2) is 91.8 Å². The molecule has 0 aliphatic carbocycles. The van der Waals surface area contributed by atoms with Crippen LogP contribution in [0.2, 0.25) is 0 Å². The van der Waals surface area contributed by atoms with E-state index in [0.717, 1.165) is 43.9 Å². The van der Waals surface area contributed by atoms with Crippen LogP contribution in [-0.2, 0) is 11.8 Å². The molecule has 2 fully saturated rings. The monoisotopic (exact) mass is 661 g/mol. The number of ether oxygens (including phenoxy) is 1. The number of piperazine rings is 1. The highest BCUT2D eigenvalue weighted by molar-refractivity contribution is 5.87. The Kier molecular flexibility index (Phi) is 8.71. The molecule has 0 saturated carbocycles. The van der Waals surface area contributed by atoms with Gasteiger partial charge in [-0.2, -0.15) is 0 Å². The summed E-state index contributed by atoms with van der Waals surface area (Å²) < 4.78 is 9.94. The van der Waals surface area contributed by atoms with Crippen molar-refractivity contribution in [3.05, 3.63) is 105 Å². The normalized spacial score (nSPS) is 18.1. The van der Waals surface area contributed by atoms with E-state index in [0.29, 0.717) is 51.5 Å². The van der Waals surface area contributed by atoms with Crippen molar-refractivity contribution in [3.8, 4) is 0 Å². The average Bonchev–Trinajstić information content (AvgIpc) is 3.47. The van der Waals surface area contributed by atoms with Crippen LogP contribution in [0.5, 0.6) is 0 Å². The molecule has 7 rings (SSSR count). The molecule has 0 unspecified atom stereocenters. The molecular formula is C36H39N9O4. The molecular weight excluding hydrogens is 622 g/mol. The lowest BCUT2D eigenvalue weighted by Crippen LogP contribution is -2.59. The third kappa shape index (κ3) is 5.86. The minimum Gasteiger partial charge on any atom is -0.392 e. The van der Waals surface area contributed by atoms with Crippen molar-refractivity contribution in [1.29, 1.82) is 0 Å². The predicted molar refractivity (Wildman–Crippen MR) is 193 cm³/mol. The first kappa shape index (κ1) is 32.2. The molecule has 2 N–H and O–H groups in total. The summed E-state index contributed by atoms with van der Waals surface area (Å²) in [4.78, 5) is 45.1. The van der Waals surface area contributed by atoms with E-state index in [9.17, 15) is 14.7 Å². The molecule has 13 heteroatoms. The number of allylic oxidation sites excluding steroid dienone is 1. The molecule has 2 aliphatic rings. The first-order valence-corrected chi connectivity index (χ1v) is 16.3. The summed E-state index contributed by atoms with van der Waals surface area (Å²) in [6.45, 7) is 11.8. The summed E-state index contributed by atoms with van der Waals surface area (Å²) in [5.74, 6) is 0.705. The number of aromatic nitrogens is 5.